The predicted molar refractivity (Wildman–Crippen MR) is 132 cm³/mol. The minimum atomic E-state index is -3.73. The fourth-order valence-electron chi connectivity index (χ4n) is 3.38. The summed E-state index contributed by atoms with van der Waals surface area (Å²) in [6.07, 6.45) is 1.84. The zero-order chi connectivity index (χ0) is 24.8. The van der Waals surface area contributed by atoms with E-state index < -0.39 is 28.5 Å². The van der Waals surface area contributed by atoms with Crippen molar-refractivity contribution in [2.24, 2.45) is 0 Å². The highest BCUT2D eigenvalue weighted by atomic mass is 32.2. The van der Waals surface area contributed by atoms with Gasteiger partial charge < -0.3 is 10.2 Å². The van der Waals surface area contributed by atoms with Crippen LogP contribution in [0.1, 0.15) is 43.9 Å². The van der Waals surface area contributed by atoms with E-state index in [4.69, 9.17) is 0 Å². The van der Waals surface area contributed by atoms with Crippen LogP contribution in [0.5, 0.6) is 0 Å². The van der Waals surface area contributed by atoms with Crippen molar-refractivity contribution in [3.05, 3.63) is 65.2 Å². The van der Waals surface area contributed by atoms with E-state index in [9.17, 15) is 18.0 Å². The number of aryl methyl sites for hydroxylation is 2. The lowest BCUT2D eigenvalue weighted by molar-refractivity contribution is -0.139. The molecule has 2 aromatic rings. The van der Waals surface area contributed by atoms with Gasteiger partial charge in [0.05, 0.1) is 11.9 Å². The molecular weight excluding hydrogens is 438 g/mol. The summed E-state index contributed by atoms with van der Waals surface area (Å²) in [5.74, 6) is -0.720. The molecule has 0 saturated heterocycles. The molecule has 0 aliphatic heterocycles. The molecule has 7 nitrogen and oxygen atoms in total. The van der Waals surface area contributed by atoms with Gasteiger partial charge in [0.15, 0.2) is 0 Å². The first-order chi connectivity index (χ1) is 15.4. The van der Waals surface area contributed by atoms with Gasteiger partial charge in [0.2, 0.25) is 21.8 Å². The summed E-state index contributed by atoms with van der Waals surface area (Å²) >= 11 is 0. The van der Waals surface area contributed by atoms with Crippen LogP contribution in [-0.2, 0) is 26.2 Å². The van der Waals surface area contributed by atoms with Crippen LogP contribution < -0.4 is 9.62 Å². The Morgan fingerprint density at radius 3 is 2.15 bits per heavy atom. The molecule has 2 amide bonds. The second-order valence-corrected chi connectivity index (χ2v) is 10.5. The molecule has 0 unspecified atom stereocenters. The van der Waals surface area contributed by atoms with Crippen LogP contribution in [0, 0.1) is 13.8 Å². The van der Waals surface area contributed by atoms with Crippen molar-refractivity contribution in [1.82, 2.24) is 10.2 Å². The van der Waals surface area contributed by atoms with Gasteiger partial charge in [-0.1, -0.05) is 55.0 Å². The summed E-state index contributed by atoms with van der Waals surface area (Å²) < 4.78 is 26.3. The monoisotopic (exact) mass is 473 g/mol. The first-order valence-electron chi connectivity index (χ1n) is 11.1. The van der Waals surface area contributed by atoms with E-state index in [0.29, 0.717) is 5.69 Å². The van der Waals surface area contributed by atoms with E-state index in [0.717, 1.165) is 33.7 Å². The Hall–Kier alpha value is -2.87. The van der Waals surface area contributed by atoms with Crippen LogP contribution in [-0.4, -0.2) is 50.0 Å². The number of nitrogens with zero attached hydrogens (tertiary/aromatic N) is 2. The summed E-state index contributed by atoms with van der Waals surface area (Å²) in [5.41, 5.74) is 3.13. The number of para-hydroxylation sites is 1. The molecule has 0 fully saturated rings. The van der Waals surface area contributed by atoms with Crippen molar-refractivity contribution < 1.29 is 18.0 Å². The molecule has 0 spiro atoms. The molecule has 8 heteroatoms. The fraction of sp³-hybridized carbons (Fsp3) is 0.440. The maximum absolute atomic E-state index is 13.5. The summed E-state index contributed by atoms with van der Waals surface area (Å²) in [6, 6.07) is 13.9. The Labute approximate surface area is 197 Å². The first-order valence-corrected chi connectivity index (χ1v) is 13.0. The summed E-state index contributed by atoms with van der Waals surface area (Å²) in [5, 5.41) is 2.92. The van der Waals surface area contributed by atoms with Crippen molar-refractivity contribution in [3.8, 4) is 0 Å². The minimum absolute atomic E-state index is 0.0317. The van der Waals surface area contributed by atoms with Gasteiger partial charge in [-0.05, 0) is 51.3 Å². The van der Waals surface area contributed by atoms with Crippen LogP contribution in [0.25, 0.3) is 0 Å². The van der Waals surface area contributed by atoms with Crippen LogP contribution >= 0.6 is 0 Å². The first kappa shape index (κ1) is 26.4. The Balaban J connectivity index is 2.39. The average Bonchev–Trinajstić information content (AvgIpc) is 2.76. The van der Waals surface area contributed by atoms with Crippen molar-refractivity contribution in [2.75, 3.05) is 17.1 Å². The molecule has 1 N–H and O–H groups in total. The predicted octanol–water partition coefficient (Wildman–Crippen LogP) is 3.40. The second kappa shape index (κ2) is 11.3. The van der Waals surface area contributed by atoms with Crippen LogP contribution in [0.15, 0.2) is 48.5 Å². The Kier molecular flexibility index (Phi) is 9.05. The highest BCUT2D eigenvalue weighted by Crippen LogP contribution is 2.23. The number of carbonyl (C=O) groups is 2. The maximum atomic E-state index is 13.5. The molecule has 180 valence electrons. The molecule has 33 heavy (non-hydrogen) atoms. The quantitative estimate of drug-likeness (QED) is 0.573. The van der Waals surface area contributed by atoms with Gasteiger partial charge in [-0.25, -0.2) is 8.42 Å². The Morgan fingerprint density at radius 1 is 1.00 bits per heavy atom. The normalized spacial score (nSPS) is 13.2. The molecule has 0 radical (unpaired) electrons. The number of hydrogen-bond acceptors (Lipinski definition) is 4. The molecular formula is C25H35N3O4S. The molecule has 0 aliphatic carbocycles. The molecule has 0 aromatic heterocycles. The van der Waals surface area contributed by atoms with E-state index in [1.165, 1.54) is 4.90 Å². The third kappa shape index (κ3) is 7.32. The Morgan fingerprint density at radius 2 is 1.61 bits per heavy atom. The van der Waals surface area contributed by atoms with E-state index in [1.807, 2.05) is 51.1 Å². The zero-order valence-electron chi connectivity index (χ0n) is 20.3. The average molecular weight is 474 g/mol. The maximum Gasteiger partial charge on any atom is 0.244 e. The van der Waals surface area contributed by atoms with Crippen molar-refractivity contribution in [1.29, 1.82) is 0 Å². The van der Waals surface area contributed by atoms with Gasteiger partial charge in [0.25, 0.3) is 0 Å². The molecule has 0 heterocycles. The van der Waals surface area contributed by atoms with Gasteiger partial charge in [0.1, 0.15) is 12.6 Å². The molecule has 0 aliphatic rings. The van der Waals surface area contributed by atoms with E-state index in [2.05, 4.69) is 5.32 Å². The second-order valence-electron chi connectivity index (χ2n) is 8.56. The minimum Gasteiger partial charge on any atom is -0.352 e. The van der Waals surface area contributed by atoms with Crippen molar-refractivity contribution in [3.63, 3.8) is 0 Å². The lowest BCUT2D eigenvalue weighted by Gasteiger charge is -2.32. The zero-order valence-corrected chi connectivity index (χ0v) is 21.1. The largest absolute Gasteiger partial charge is 0.352 e. The van der Waals surface area contributed by atoms with Gasteiger partial charge in [-0.2, -0.15) is 0 Å². The Bertz CT molecular complexity index is 1070. The van der Waals surface area contributed by atoms with E-state index >= 15 is 0 Å². The topological polar surface area (TPSA) is 86.8 Å². The number of amides is 2. The van der Waals surface area contributed by atoms with Crippen LogP contribution in [0.2, 0.25) is 0 Å². The van der Waals surface area contributed by atoms with Gasteiger partial charge in [-0.3, -0.25) is 13.9 Å². The lowest BCUT2D eigenvalue weighted by atomic mass is 10.1. The smallest absolute Gasteiger partial charge is 0.244 e. The van der Waals surface area contributed by atoms with Gasteiger partial charge in [0, 0.05) is 12.6 Å². The number of nitrogens with one attached hydrogen (secondary N) is 1. The highest BCUT2D eigenvalue weighted by molar-refractivity contribution is 7.92. The number of benzene rings is 2. The number of rotatable bonds is 10. The van der Waals surface area contributed by atoms with Gasteiger partial charge in [-0.15, -0.1) is 0 Å². The number of carbonyl (C=O) groups excluding carboxylic acids is 2. The molecule has 0 bridgehead atoms. The summed E-state index contributed by atoms with van der Waals surface area (Å²) in [7, 11) is -3.73. The molecule has 2 atom stereocenters. The SMILES string of the molecule is CC[C@H](C)NC(=O)[C@H](C)N(Cc1ccc(C)cc1)C(=O)CN(c1ccccc1C)S(C)(=O)=O. The number of sulfonamides is 1. The van der Waals surface area contributed by atoms with Crippen LogP contribution in [0.4, 0.5) is 5.69 Å². The highest BCUT2D eigenvalue weighted by Gasteiger charge is 2.30. The third-order valence-electron chi connectivity index (χ3n) is 5.71. The van der Waals surface area contributed by atoms with E-state index in [1.54, 1.807) is 32.0 Å². The van der Waals surface area contributed by atoms with Crippen molar-refractivity contribution >= 4 is 27.5 Å². The summed E-state index contributed by atoms with van der Waals surface area (Å²) in [4.78, 5) is 27.8. The summed E-state index contributed by atoms with van der Waals surface area (Å²) in [6.45, 7) is 9.11. The van der Waals surface area contributed by atoms with Crippen LogP contribution in [0.3, 0.4) is 0 Å². The van der Waals surface area contributed by atoms with E-state index in [-0.39, 0.29) is 18.5 Å². The van der Waals surface area contributed by atoms with Gasteiger partial charge >= 0.3 is 0 Å². The number of anilines is 1. The number of hydrogen-bond donors (Lipinski definition) is 1. The molecule has 2 rings (SSSR count). The third-order valence-corrected chi connectivity index (χ3v) is 6.83. The van der Waals surface area contributed by atoms with Crippen molar-refractivity contribution in [2.45, 2.75) is 59.7 Å². The standard InChI is InChI=1S/C25H35N3O4S/c1-7-20(4)26-25(30)21(5)27(16-22-14-12-18(2)13-15-22)24(29)17-28(33(6,31)32)23-11-9-8-10-19(23)3/h8-15,20-21H,7,16-17H2,1-6H3,(H,26,30)/t20-,21-/m0/s1. The molecule has 2 aromatic carbocycles. The fourth-order valence-corrected chi connectivity index (χ4v) is 4.28. The lowest BCUT2D eigenvalue weighted by Crippen LogP contribution is -2.52. The molecule has 0 saturated carbocycles.